The summed E-state index contributed by atoms with van der Waals surface area (Å²) in [5.41, 5.74) is 11.2. The standard InChI is InChI=1S/C20H27N5O9/c21-11(7-15(22)27)17(30)23-12(6-10-4-2-1-3-5-10)18(31)24-13(8-16(28)29)19(32)25-14(9-26)20(33)34/h1-5,11-14,26H,6-9,21H2,(H2,22,27)(H,23,30)(H,24,31)(H,25,32)(H,28,29)(H,33,34). The highest BCUT2D eigenvalue weighted by Gasteiger charge is 2.31. The van der Waals surface area contributed by atoms with Gasteiger partial charge in [-0.05, 0) is 5.56 Å². The topological polar surface area (TPSA) is 251 Å². The van der Waals surface area contributed by atoms with Crippen LogP contribution in [-0.2, 0) is 35.2 Å². The summed E-state index contributed by atoms with van der Waals surface area (Å²) in [4.78, 5) is 70.9. The third-order valence-corrected chi connectivity index (χ3v) is 4.48. The first-order valence-corrected chi connectivity index (χ1v) is 9.99. The SMILES string of the molecule is NC(=O)CC(N)C(=O)NC(Cc1ccccc1)C(=O)NC(CC(=O)O)C(=O)NC(CO)C(=O)O. The average Bonchev–Trinajstić information content (AvgIpc) is 2.75. The number of hydrogen-bond donors (Lipinski definition) is 8. The van der Waals surface area contributed by atoms with Crippen molar-refractivity contribution < 1.29 is 44.1 Å². The zero-order valence-corrected chi connectivity index (χ0v) is 18.0. The molecule has 14 nitrogen and oxygen atoms in total. The first-order valence-electron chi connectivity index (χ1n) is 9.99. The molecule has 1 aromatic rings. The zero-order valence-electron chi connectivity index (χ0n) is 18.0. The van der Waals surface area contributed by atoms with Crippen LogP contribution in [0.2, 0.25) is 0 Å². The van der Waals surface area contributed by atoms with Gasteiger partial charge in [-0.15, -0.1) is 0 Å². The molecule has 186 valence electrons. The Labute approximate surface area is 193 Å². The summed E-state index contributed by atoms with van der Waals surface area (Å²) in [6.45, 7) is -0.973. The number of nitrogens with two attached hydrogens (primary N) is 2. The van der Waals surface area contributed by atoms with Gasteiger partial charge in [0.25, 0.3) is 0 Å². The first kappa shape index (κ1) is 28.0. The number of carboxylic acids is 2. The number of nitrogens with one attached hydrogen (secondary N) is 3. The van der Waals surface area contributed by atoms with Gasteiger partial charge < -0.3 is 42.7 Å². The van der Waals surface area contributed by atoms with Gasteiger partial charge in [-0.1, -0.05) is 30.3 Å². The molecule has 1 rings (SSSR count). The van der Waals surface area contributed by atoms with Crippen LogP contribution in [0.3, 0.4) is 0 Å². The second kappa shape index (κ2) is 13.5. The molecule has 34 heavy (non-hydrogen) atoms. The number of aliphatic carboxylic acids is 2. The van der Waals surface area contributed by atoms with Gasteiger partial charge in [0.2, 0.25) is 23.6 Å². The van der Waals surface area contributed by atoms with Crippen molar-refractivity contribution in [3.8, 4) is 0 Å². The molecule has 4 unspecified atom stereocenters. The summed E-state index contributed by atoms with van der Waals surface area (Å²) < 4.78 is 0. The van der Waals surface area contributed by atoms with E-state index in [0.717, 1.165) is 0 Å². The van der Waals surface area contributed by atoms with E-state index in [1.807, 2.05) is 5.32 Å². The molecule has 0 heterocycles. The number of hydrogen-bond acceptors (Lipinski definition) is 8. The van der Waals surface area contributed by atoms with Crippen LogP contribution >= 0.6 is 0 Å². The van der Waals surface area contributed by atoms with Gasteiger partial charge in [0.1, 0.15) is 18.1 Å². The van der Waals surface area contributed by atoms with Crippen LogP contribution in [0.1, 0.15) is 18.4 Å². The van der Waals surface area contributed by atoms with Gasteiger partial charge in [-0.3, -0.25) is 24.0 Å². The predicted octanol–water partition coefficient (Wildman–Crippen LogP) is -3.56. The molecule has 4 amide bonds. The summed E-state index contributed by atoms with van der Waals surface area (Å²) in [5, 5.41) is 33.6. The molecule has 0 spiro atoms. The Balaban J connectivity index is 3.09. The molecule has 0 bridgehead atoms. The van der Waals surface area contributed by atoms with E-state index in [1.54, 1.807) is 30.3 Å². The fraction of sp³-hybridized carbons (Fsp3) is 0.400. The number of aliphatic hydroxyl groups is 1. The molecule has 0 fully saturated rings. The van der Waals surface area contributed by atoms with Crippen LogP contribution in [0, 0.1) is 0 Å². The third kappa shape index (κ3) is 9.62. The molecule has 0 saturated carbocycles. The van der Waals surface area contributed by atoms with Crippen molar-refractivity contribution in [2.45, 2.75) is 43.4 Å². The van der Waals surface area contributed by atoms with Crippen LogP contribution in [0.25, 0.3) is 0 Å². The number of rotatable bonds is 14. The van der Waals surface area contributed by atoms with E-state index in [9.17, 15) is 28.8 Å². The van der Waals surface area contributed by atoms with Crippen molar-refractivity contribution in [1.82, 2.24) is 16.0 Å². The van der Waals surface area contributed by atoms with Gasteiger partial charge in [0.15, 0.2) is 0 Å². The fourth-order valence-electron chi connectivity index (χ4n) is 2.76. The van der Waals surface area contributed by atoms with Crippen molar-refractivity contribution in [3.63, 3.8) is 0 Å². The normalized spacial score (nSPS) is 14.1. The van der Waals surface area contributed by atoms with Gasteiger partial charge in [0.05, 0.1) is 25.5 Å². The monoisotopic (exact) mass is 481 g/mol. The predicted molar refractivity (Wildman–Crippen MR) is 115 cm³/mol. The number of aliphatic hydroxyl groups excluding tert-OH is 1. The van der Waals surface area contributed by atoms with E-state index >= 15 is 0 Å². The maximum Gasteiger partial charge on any atom is 0.328 e. The van der Waals surface area contributed by atoms with Crippen LogP contribution in [0.4, 0.5) is 0 Å². The summed E-state index contributed by atoms with van der Waals surface area (Å²) in [7, 11) is 0. The first-order chi connectivity index (χ1) is 15.9. The molecule has 0 aliphatic rings. The molecule has 1 aromatic carbocycles. The Bertz CT molecular complexity index is 909. The minimum Gasteiger partial charge on any atom is -0.481 e. The van der Waals surface area contributed by atoms with Crippen LogP contribution in [-0.4, -0.2) is 81.7 Å². The molecular formula is C20H27N5O9. The molecule has 0 aliphatic carbocycles. The van der Waals surface area contributed by atoms with Crippen molar-refractivity contribution in [2.75, 3.05) is 6.61 Å². The fourth-order valence-corrected chi connectivity index (χ4v) is 2.76. The van der Waals surface area contributed by atoms with Crippen molar-refractivity contribution in [1.29, 1.82) is 0 Å². The molecule has 0 aliphatic heterocycles. The lowest BCUT2D eigenvalue weighted by Crippen LogP contribution is -2.58. The summed E-state index contributed by atoms with van der Waals surface area (Å²) in [5.74, 6) is -6.94. The van der Waals surface area contributed by atoms with Gasteiger partial charge in [0, 0.05) is 6.42 Å². The van der Waals surface area contributed by atoms with Crippen molar-refractivity contribution in [2.24, 2.45) is 11.5 Å². The van der Waals surface area contributed by atoms with E-state index in [4.69, 9.17) is 26.8 Å². The zero-order chi connectivity index (χ0) is 25.8. The van der Waals surface area contributed by atoms with E-state index in [1.165, 1.54) is 0 Å². The molecule has 14 heteroatoms. The van der Waals surface area contributed by atoms with E-state index in [-0.39, 0.29) is 6.42 Å². The minimum atomic E-state index is -1.73. The maximum atomic E-state index is 12.9. The molecule has 0 aromatic heterocycles. The lowest BCUT2D eigenvalue weighted by Gasteiger charge is -2.24. The molecule has 0 radical (unpaired) electrons. The second-order valence-electron chi connectivity index (χ2n) is 7.27. The summed E-state index contributed by atoms with van der Waals surface area (Å²) in [6, 6.07) is 2.20. The summed E-state index contributed by atoms with van der Waals surface area (Å²) in [6.07, 6.45) is -1.49. The number of carbonyl (C=O) groups is 6. The average molecular weight is 481 g/mol. The van der Waals surface area contributed by atoms with E-state index in [0.29, 0.717) is 5.56 Å². The minimum absolute atomic E-state index is 0.0858. The third-order valence-electron chi connectivity index (χ3n) is 4.48. The lowest BCUT2D eigenvalue weighted by molar-refractivity contribution is -0.144. The van der Waals surface area contributed by atoms with Crippen LogP contribution < -0.4 is 27.4 Å². The van der Waals surface area contributed by atoms with E-state index in [2.05, 4.69) is 10.6 Å². The Kier molecular flexibility index (Phi) is 11.1. The van der Waals surface area contributed by atoms with Gasteiger partial charge in [-0.2, -0.15) is 0 Å². The number of carbonyl (C=O) groups excluding carboxylic acids is 4. The molecule has 10 N–H and O–H groups in total. The van der Waals surface area contributed by atoms with E-state index < -0.39 is 79.2 Å². The van der Waals surface area contributed by atoms with Crippen molar-refractivity contribution >= 4 is 35.6 Å². The molecular weight excluding hydrogens is 454 g/mol. The number of carboxylic acid groups (broad SMARTS) is 2. The van der Waals surface area contributed by atoms with Crippen LogP contribution in [0.5, 0.6) is 0 Å². The Morgan fingerprint density at radius 2 is 1.32 bits per heavy atom. The molecule has 0 saturated heterocycles. The highest BCUT2D eigenvalue weighted by molar-refractivity contribution is 5.96. The second-order valence-corrected chi connectivity index (χ2v) is 7.27. The lowest BCUT2D eigenvalue weighted by atomic mass is 10.0. The Morgan fingerprint density at radius 1 is 0.794 bits per heavy atom. The Morgan fingerprint density at radius 3 is 1.82 bits per heavy atom. The number of primary amides is 1. The molecule has 4 atom stereocenters. The smallest absolute Gasteiger partial charge is 0.328 e. The number of benzene rings is 1. The van der Waals surface area contributed by atoms with Gasteiger partial charge in [-0.25, -0.2) is 4.79 Å². The summed E-state index contributed by atoms with van der Waals surface area (Å²) >= 11 is 0. The highest BCUT2D eigenvalue weighted by Crippen LogP contribution is 2.06. The van der Waals surface area contributed by atoms with Crippen molar-refractivity contribution in [3.05, 3.63) is 35.9 Å². The maximum absolute atomic E-state index is 12.9. The largest absolute Gasteiger partial charge is 0.481 e. The number of amides is 4. The van der Waals surface area contributed by atoms with Gasteiger partial charge >= 0.3 is 11.9 Å². The quantitative estimate of drug-likeness (QED) is 0.130. The highest BCUT2D eigenvalue weighted by atomic mass is 16.4. The Hall–Kier alpha value is -4.04. The van der Waals surface area contributed by atoms with Crippen LogP contribution in [0.15, 0.2) is 30.3 Å².